The number of fused-ring (bicyclic) bond motifs is 2. The van der Waals surface area contributed by atoms with Gasteiger partial charge in [-0.25, -0.2) is 0 Å². The Morgan fingerprint density at radius 2 is 2.00 bits per heavy atom. The lowest BCUT2D eigenvalue weighted by atomic mass is 10.0. The van der Waals surface area contributed by atoms with Crippen LogP contribution in [0.25, 0.3) is 0 Å². The standard InChI is InChI=1S/C18H24N2O2S/c1-21-16-6-4-12(11-17(16)22-2)7-8-19-18(23)20-15-10-13-3-5-14(15)9-13/h3-6,11,13-15H,7-10H2,1-2H3,(H2,19,20,23)/t13-,14+,15-/m1/s1. The van der Waals surface area contributed by atoms with E-state index in [4.69, 9.17) is 21.7 Å². The highest BCUT2D eigenvalue weighted by Crippen LogP contribution is 2.38. The zero-order chi connectivity index (χ0) is 16.2. The molecular weight excluding hydrogens is 308 g/mol. The van der Waals surface area contributed by atoms with Gasteiger partial charge in [0.2, 0.25) is 0 Å². The first-order valence-corrected chi connectivity index (χ1v) is 8.54. The van der Waals surface area contributed by atoms with Gasteiger partial charge in [0.25, 0.3) is 0 Å². The molecule has 0 amide bonds. The normalized spacial score (nSPS) is 24.5. The van der Waals surface area contributed by atoms with Crippen LogP contribution in [0.15, 0.2) is 30.4 Å². The van der Waals surface area contributed by atoms with Gasteiger partial charge in [0, 0.05) is 12.6 Å². The van der Waals surface area contributed by atoms with Gasteiger partial charge in [-0.1, -0.05) is 18.2 Å². The van der Waals surface area contributed by atoms with Crippen LogP contribution in [0.4, 0.5) is 0 Å². The summed E-state index contributed by atoms with van der Waals surface area (Å²) in [4.78, 5) is 0. The summed E-state index contributed by atoms with van der Waals surface area (Å²) in [7, 11) is 3.30. The van der Waals surface area contributed by atoms with Gasteiger partial charge in [0.05, 0.1) is 14.2 Å². The topological polar surface area (TPSA) is 42.5 Å². The summed E-state index contributed by atoms with van der Waals surface area (Å²) in [5.41, 5.74) is 1.20. The van der Waals surface area contributed by atoms with Crippen molar-refractivity contribution in [3.8, 4) is 11.5 Å². The molecule has 124 valence electrons. The number of hydrogen-bond acceptors (Lipinski definition) is 3. The van der Waals surface area contributed by atoms with E-state index in [-0.39, 0.29) is 0 Å². The molecule has 2 bridgehead atoms. The molecule has 2 aliphatic carbocycles. The lowest BCUT2D eigenvalue weighted by Gasteiger charge is -2.22. The molecule has 0 aromatic heterocycles. The second-order valence-electron chi connectivity index (χ2n) is 6.23. The number of rotatable bonds is 6. The van der Waals surface area contributed by atoms with Crippen LogP contribution in [0.1, 0.15) is 18.4 Å². The SMILES string of the molecule is COc1ccc(CCNC(=S)N[C@@H]2C[C@@H]3C=C[C@H]2C3)cc1OC. The molecule has 3 atom stereocenters. The second-order valence-corrected chi connectivity index (χ2v) is 6.63. The maximum Gasteiger partial charge on any atom is 0.166 e. The number of benzene rings is 1. The lowest BCUT2D eigenvalue weighted by Crippen LogP contribution is -2.44. The van der Waals surface area contributed by atoms with Crippen LogP contribution in [0.3, 0.4) is 0 Å². The van der Waals surface area contributed by atoms with Crippen molar-refractivity contribution in [1.29, 1.82) is 0 Å². The first-order valence-electron chi connectivity index (χ1n) is 8.13. The largest absolute Gasteiger partial charge is 0.493 e. The summed E-state index contributed by atoms with van der Waals surface area (Å²) in [6.45, 7) is 0.804. The van der Waals surface area contributed by atoms with Crippen molar-refractivity contribution < 1.29 is 9.47 Å². The van der Waals surface area contributed by atoms with E-state index < -0.39 is 0 Å². The quantitative estimate of drug-likeness (QED) is 0.619. The molecule has 0 saturated heterocycles. The molecule has 1 saturated carbocycles. The van der Waals surface area contributed by atoms with E-state index in [0.29, 0.717) is 12.0 Å². The van der Waals surface area contributed by atoms with Crippen molar-refractivity contribution in [2.45, 2.75) is 25.3 Å². The molecule has 23 heavy (non-hydrogen) atoms. The molecule has 1 aromatic rings. The molecule has 2 N–H and O–H groups in total. The summed E-state index contributed by atoms with van der Waals surface area (Å²) in [5, 5.41) is 7.53. The summed E-state index contributed by atoms with van der Waals surface area (Å²) >= 11 is 5.42. The van der Waals surface area contributed by atoms with Gasteiger partial charge in [0.15, 0.2) is 16.6 Å². The van der Waals surface area contributed by atoms with Crippen LogP contribution in [0.2, 0.25) is 0 Å². The first kappa shape index (κ1) is 16.1. The average Bonchev–Trinajstić information content (AvgIpc) is 3.17. The zero-order valence-electron chi connectivity index (χ0n) is 13.7. The van der Waals surface area contributed by atoms with E-state index >= 15 is 0 Å². The molecule has 5 heteroatoms. The molecule has 0 radical (unpaired) electrons. The van der Waals surface area contributed by atoms with E-state index in [1.54, 1.807) is 14.2 Å². The van der Waals surface area contributed by atoms with Crippen molar-refractivity contribution in [3.63, 3.8) is 0 Å². The van der Waals surface area contributed by atoms with Crippen LogP contribution in [-0.2, 0) is 6.42 Å². The third-order valence-corrected chi connectivity index (χ3v) is 5.00. The molecule has 2 aliphatic rings. The Morgan fingerprint density at radius 3 is 2.65 bits per heavy atom. The molecular formula is C18H24N2O2S. The molecule has 1 fully saturated rings. The Labute approximate surface area is 143 Å². The average molecular weight is 332 g/mol. The smallest absolute Gasteiger partial charge is 0.166 e. The van der Waals surface area contributed by atoms with Gasteiger partial charge in [-0.2, -0.15) is 0 Å². The monoisotopic (exact) mass is 332 g/mol. The molecule has 1 aromatic carbocycles. The minimum atomic E-state index is 0.506. The predicted molar refractivity (Wildman–Crippen MR) is 96.1 cm³/mol. The van der Waals surface area contributed by atoms with Crippen molar-refractivity contribution in [2.24, 2.45) is 11.8 Å². The number of methoxy groups -OCH3 is 2. The van der Waals surface area contributed by atoms with Crippen molar-refractivity contribution in [2.75, 3.05) is 20.8 Å². The Balaban J connectivity index is 1.44. The minimum absolute atomic E-state index is 0.506. The van der Waals surface area contributed by atoms with Gasteiger partial charge >= 0.3 is 0 Å². The third-order valence-electron chi connectivity index (χ3n) is 4.74. The minimum Gasteiger partial charge on any atom is -0.493 e. The summed E-state index contributed by atoms with van der Waals surface area (Å²) in [6, 6.07) is 6.51. The molecule has 3 rings (SSSR count). The fraction of sp³-hybridized carbons (Fsp3) is 0.500. The van der Waals surface area contributed by atoms with Gasteiger partial charge < -0.3 is 20.1 Å². The first-order chi connectivity index (χ1) is 11.2. The van der Waals surface area contributed by atoms with Gasteiger partial charge in [-0.05, 0) is 61.0 Å². The van der Waals surface area contributed by atoms with E-state index in [1.165, 1.54) is 18.4 Å². The van der Waals surface area contributed by atoms with Crippen molar-refractivity contribution >= 4 is 17.3 Å². The van der Waals surface area contributed by atoms with Gasteiger partial charge in [-0.15, -0.1) is 0 Å². The Hall–Kier alpha value is -1.75. The van der Waals surface area contributed by atoms with Gasteiger partial charge in [0.1, 0.15) is 0 Å². The summed E-state index contributed by atoms with van der Waals surface area (Å²) in [5.74, 6) is 2.93. The highest BCUT2D eigenvalue weighted by Gasteiger charge is 2.35. The predicted octanol–water partition coefficient (Wildman–Crippen LogP) is 2.68. The third kappa shape index (κ3) is 3.78. The van der Waals surface area contributed by atoms with E-state index in [9.17, 15) is 0 Å². The fourth-order valence-electron chi connectivity index (χ4n) is 3.52. The maximum atomic E-state index is 5.42. The molecule has 4 nitrogen and oxygen atoms in total. The Bertz CT molecular complexity index is 603. The zero-order valence-corrected chi connectivity index (χ0v) is 14.5. The number of hydrogen-bond donors (Lipinski definition) is 2. The highest BCUT2D eigenvalue weighted by molar-refractivity contribution is 7.80. The lowest BCUT2D eigenvalue weighted by molar-refractivity contribution is 0.354. The molecule has 0 aliphatic heterocycles. The van der Waals surface area contributed by atoms with Crippen LogP contribution in [0.5, 0.6) is 11.5 Å². The number of ether oxygens (including phenoxy) is 2. The summed E-state index contributed by atoms with van der Waals surface area (Å²) < 4.78 is 10.6. The van der Waals surface area contributed by atoms with E-state index in [2.05, 4.69) is 28.9 Å². The van der Waals surface area contributed by atoms with Crippen LogP contribution < -0.4 is 20.1 Å². The number of allylic oxidation sites excluding steroid dienone is 1. The molecule has 0 heterocycles. The van der Waals surface area contributed by atoms with Crippen molar-refractivity contribution in [1.82, 2.24) is 10.6 Å². The fourth-order valence-corrected chi connectivity index (χ4v) is 3.78. The molecule has 0 unspecified atom stereocenters. The van der Waals surface area contributed by atoms with Gasteiger partial charge in [-0.3, -0.25) is 0 Å². The Kier molecular flexibility index (Phi) is 5.06. The van der Waals surface area contributed by atoms with Crippen LogP contribution >= 0.6 is 12.2 Å². The van der Waals surface area contributed by atoms with E-state index in [1.807, 2.05) is 12.1 Å². The Morgan fingerprint density at radius 1 is 1.17 bits per heavy atom. The van der Waals surface area contributed by atoms with E-state index in [0.717, 1.165) is 35.5 Å². The number of thiocarbonyl (C=S) groups is 1. The number of nitrogens with one attached hydrogen (secondary N) is 2. The van der Waals surface area contributed by atoms with Crippen LogP contribution in [-0.4, -0.2) is 31.9 Å². The summed E-state index contributed by atoms with van der Waals surface area (Å²) in [6.07, 6.45) is 8.05. The molecule has 0 spiro atoms. The van der Waals surface area contributed by atoms with Crippen molar-refractivity contribution in [3.05, 3.63) is 35.9 Å². The van der Waals surface area contributed by atoms with Crippen LogP contribution in [0, 0.1) is 11.8 Å². The highest BCUT2D eigenvalue weighted by atomic mass is 32.1. The second kappa shape index (κ2) is 7.21. The maximum absolute atomic E-state index is 5.42.